The maximum absolute atomic E-state index is 6.46. The third-order valence-corrected chi connectivity index (χ3v) is 9.54. The fourth-order valence-electron chi connectivity index (χ4n) is 7.12. The van der Waals surface area contributed by atoms with Crippen molar-refractivity contribution in [1.29, 1.82) is 0 Å². The van der Waals surface area contributed by atoms with Crippen molar-refractivity contribution in [2.24, 2.45) is 0 Å². The Labute approximate surface area is 293 Å². The Balaban J connectivity index is 1.19. The first-order chi connectivity index (χ1) is 25.3. The van der Waals surface area contributed by atoms with Crippen LogP contribution in [-0.4, -0.2) is 19.9 Å². The lowest BCUT2D eigenvalue weighted by Crippen LogP contribution is -2.00. The molecular formula is C46H28N4O. The smallest absolute Gasteiger partial charge is 0.228 e. The molecule has 0 saturated carbocycles. The van der Waals surface area contributed by atoms with Crippen LogP contribution in [0.25, 0.3) is 100 Å². The number of hydrogen-bond donors (Lipinski definition) is 0. The van der Waals surface area contributed by atoms with Crippen LogP contribution in [0.3, 0.4) is 0 Å². The molecule has 0 atom stereocenters. The van der Waals surface area contributed by atoms with E-state index in [1.165, 1.54) is 16.2 Å². The number of fused-ring (bicyclic) bond motifs is 6. The average molecular weight is 653 g/mol. The first kappa shape index (κ1) is 29.0. The summed E-state index contributed by atoms with van der Waals surface area (Å²) in [7, 11) is 0. The molecule has 0 unspecified atom stereocenters. The summed E-state index contributed by atoms with van der Waals surface area (Å²) < 4.78 is 6.46. The Hall–Kier alpha value is -6.98. The zero-order chi connectivity index (χ0) is 33.7. The standard InChI is InChI=1S/C46H28N4O/c1-3-14-30(15-4-1)43-48-44(31-16-5-2-6-17-31)50-45(49-43)33-19-11-18-32(27-33)39-28-40(47-46-42(39)38-21-9-10-24-41(38)51-46)37-23-12-22-35-34-20-8-7-13-29(34)25-26-36(35)37/h1-28H. The Kier molecular flexibility index (Phi) is 6.74. The summed E-state index contributed by atoms with van der Waals surface area (Å²) in [6, 6.07) is 58.2. The molecule has 238 valence electrons. The van der Waals surface area contributed by atoms with Gasteiger partial charge in [0.05, 0.1) is 11.1 Å². The molecule has 5 heteroatoms. The van der Waals surface area contributed by atoms with Crippen molar-refractivity contribution in [3.63, 3.8) is 0 Å². The maximum atomic E-state index is 6.46. The zero-order valence-corrected chi connectivity index (χ0v) is 27.4. The number of para-hydroxylation sites is 1. The van der Waals surface area contributed by atoms with Crippen molar-refractivity contribution in [2.75, 3.05) is 0 Å². The van der Waals surface area contributed by atoms with Gasteiger partial charge in [0.25, 0.3) is 0 Å². The maximum Gasteiger partial charge on any atom is 0.228 e. The summed E-state index contributed by atoms with van der Waals surface area (Å²) in [5.41, 5.74) is 8.10. The van der Waals surface area contributed by atoms with E-state index in [0.29, 0.717) is 23.2 Å². The van der Waals surface area contributed by atoms with Crippen molar-refractivity contribution in [3.05, 3.63) is 170 Å². The van der Waals surface area contributed by atoms with Gasteiger partial charge in [-0.3, -0.25) is 0 Å². The largest absolute Gasteiger partial charge is 0.438 e. The van der Waals surface area contributed by atoms with Crippen LogP contribution < -0.4 is 0 Å². The molecule has 0 aliphatic carbocycles. The van der Waals surface area contributed by atoms with Crippen LogP contribution in [-0.2, 0) is 0 Å². The number of rotatable bonds is 5. The van der Waals surface area contributed by atoms with Gasteiger partial charge in [-0.25, -0.2) is 19.9 Å². The molecule has 10 rings (SSSR count). The molecule has 3 heterocycles. The van der Waals surface area contributed by atoms with E-state index in [9.17, 15) is 0 Å². The highest BCUT2D eigenvalue weighted by Gasteiger charge is 2.19. The molecule has 0 spiro atoms. The van der Waals surface area contributed by atoms with Crippen molar-refractivity contribution < 1.29 is 4.42 Å². The zero-order valence-electron chi connectivity index (χ0n) is 27.4. The molecule has 0 aliphatic heterocycles. The predicted octanol–water partition coefficient (Wildman–Crippen LogP) is 11.8. The van der Waals surface area contributed by atoms with E-state index in [2.05, 4.69) is 91.0 Å². The first-order valence-electron chi connectivity index (χ1n) is 17.0. The van der Waals surface area contributed by atoms with Crippen LogP contribution >= 0.6 is 0 Å². The molecule has 0 radical (unpaired) electrons. The van der Waals surface area contributed by atoms with Gasteiger partial charge < -0.3 is 4.42 Å². The Morgan fingerprint density at radius 3 is 1.71 bits per heavy atom. The number of nitrogens with zero attached hydrogens (tertiary/aromatic N) is 4. The minimum Gasteiger partial charge on any atom is -0.438 e. The van der Waals surface area contributed by atoms with E-state index in [1.807, 2.05) is 78.9 Å². The molecule has 7 aromatic carbocycles. The van der Waals surface area contributed by atoms with Gasteiger partial charge in [-0.2, -0.15) is 0 Å². The molecule has 0 fully saturated rings. The Bertz CT molecular complexity index is 2860. The van der Waals surface area contributed by atoms with Gasteiger partial charge in [-0.1, -0.05) is 152 Å². The fraction of sp³-hybridized carbons (Fsp3) is 0. The van der Waals surface area contributed by atoms with E-state index in [-0.39, 0.29) is 0 Å². The van der Waals surface area contributed by atoms with Crippen LogP contribution in [0, 0.1) is 0 Å². The van der Waals surface area contributed by atoms with Gasteiger partial charge in [0.2, 0.25) is 5.71 Å². The predicted molar refractivity (Wildman–Crippen MR) is 207 cm³/mol. The Morgan fingerprint density at radius 2 is 0.941 bits per heavy atom. The van der Waals surface area contributed by atoms with Crippen molar-refractivity contribution in [3.8, 4) is 56.5 Å². The molecule has 51 heavy (non-hydrogen) atoms. The number of hydrogen-bond acceptors (Lipinski definition) is 5. The summed E-state index contributed by atoms with van der Waals surface area (Å²) in [6.45, 7) is 0. The summed E-state index contributed by atoms with van der Waals surface area (Å²) in [4.78, 5) is 20.1. The molecule has 0 bridgehead atoms. The van der Waals surface area contributed by atoms with E-state index >= 15 is 0 Å². The van der Waals surface area contributed by atoms with Gasteiger partial charge in [0, 0.05) is 27.6 Å². The number of pyridine rings is 1. The quantitative estimate of drug-likeness (QED) is 0.173. The third kappa shape index (κ3) is 5.03. The topological polar surface area (TPSA) is 64.7 Å². The van der Waals surface area contributed by atoms with Crippen LogP contribution in [0.2, 0.25) is 0 Å². The van der Waals surface area contributed by atoms with Crippen LogP contribution in [0.4, 0.5) is 0 Å². The second-order valence-corrected chi connectivity index (χ2v) is 12.6. The molecule has 10 aromatic rings. The molecule has 3 aromatic heterocycles. The minimum absolute atomic E-state index is 0.602. The van der Waals surface area contributed by atoms with Gasteiger partial charge in [-0.05, 0) is 50.9 Å². The highest BCUT2D eigenvalue weighted by Crippen LogP contribution is 2.41. The summed E-state index contributed by atoms with van der Waals surface area (Å²) in [6.07, 6.45) is 0. The second kappa shape index (κ2) is 11.9. The first-order valence-corrected chi connectivity index (χ1v) is 17.0. The lowest BCUT2D eigenvalue weighted by molar-refractivity contribution is 0.655. The molecule has 5 nitrogen and oxygen atoms in total. The highest BCUT2D eigenvalue weighted by atomic mass is 16.3. The van der Waals surface area contributed by atoms with Crippen LogP contribution in [0.1, 0.15) is 0 Å². The van der Waals surface area contributed by atoms with Crippen molar-refractivity contribution in [2.45, 2.75) is 0 Å². The monoisotopic (exact) mass is 652 g/mol. The molecule has 0 saturated heterocycles. The van der Waals surface area contributed by atoms with Crippen LogP contribution in [0.5, 0.6) is 0 Å². The Morgan fingerprint density at radius 1 is 0.353 bits per heavy atom. The molecule has 0 N–H and O–H groups in total. The minimum atomic E-state index is 0.602. The van der Waals surface area contributed by atoms with E-state index in [0.717, 1.165) is 60.8 Å². The SMILES string of the molecule is c1ccc(-c2nc(-c3ccccc3)nc(-c3cccc(-c4cc(-c5cccc6c5ccc5ccccc56)nc5oc6ccccc6c45)c3)n2)cc1. The van der Waals surface area contributed by atoms with Crippen molar-refractivity contribution in [1.82, 2.24) is 19.9 Å². The third-order valence-electron chi connectivity index (χ3n) is 9.54. The second-order valence-electron chi connectivity index (χ2n) is 12.6. The number of aromatic nitrogens is 4. The highest BCUT2D eigenvalue weighted by molar-refractivity contribution is 6.15. The fourth-order valence-corrected chi connectivity index (χ4v) is 7.12. The van der Waals surface area contributed by atoms with E-state index in [4.69, 9.17) is 24.4 Å². The van der Waals surface area contributed by atoms with Crippen LogP contribution in [0.15, 0.2) is 174 Å². The van der Waals surface area contributed by atoms with Gasteiger partial charge in [-0.15, -0.1) is 0 Å². The number of benzene rings is 7. The lowest BCUT2D eigenvalue weighted by Gasteiger charge is -2.12. The number of furan rings is 1. The molecule has 0 aliphatic rings. The average Bonchev–Trinajstić information content (AvgIpc) is 3.59. The normalized spacial score (nSPS) is 11.5. The lowest BCUT2D eigenvalue weighted by atomic mass is 9.94. The van der Waals surface area contributed by atoms with E-state index < -0.39 is 0 Å². The summed E-state index contributed by atoms with van der Waals surface area (Å²) in [5.74, 6) is 1.86. The van der Waals surface area contributed by atoms with Gasteiger partial charge in [0.15, 0.2) is 17.5 Å². The van der Waals surface area contributed by atoms with E-state index in [1.54, 1.807) is 0 Å². The molecule has 0 amide bonds. The van der Waals surface area contributed by atoms with Gasteiger partial charge >= 0.3 is 0 Å². The molecular weight excluding hydrogens is 625 g/mol. The van der Waals surface area contributed by atoms with Crippen molar-refractivity contribution >= 4 is 43.6 Å². The summed E-state index contributed by atoms with van der Waals surface area (Å²) >= 11 is 0. The van der Waals surface area contributed by atoms with Gasteiger partial charge in [0.1, 0.15) is 5.58 Å². The summed E-state index contributed by atoms with van der Waals surface area (Å²) in [5, 5.41) is 6.77.